The van der Waals surface area contributed by atoms with Crippen LogP contribution in [0.3, 0.4) is 0 Å². The molecule has 0 aliphatic carbocycles. The molecule has 1 rings (SSSR count). The number of hydrogen-bond donors (Lipinski definition) is 2. The van der Waals surface area contributed by atoms with Gasteiger partial charge in [-0.3, -0.25) is 4.79 Å². The highest BCUT2D eigenvalue weighted by atomic mass is 16.1. The summed E-state index contributed by atoms with van der Waals surface area (Å²) in [5.41, 5.74) is 0.331. The van der Waals surface area contributed by atoms with E-state index in [0.29, 0.717) is 18.1 Å². The SMILES string of the molecule is CNc1cnc(C(=O)NCCN(C)C)cn1. The number of likely N-dealkylation sites (N-methyl/N-ethyl adjacent to an activating group) is 1. The molecule has 0 saturated heterocycles. The second-order valence-electron chi connectivity index (χ2n) is 3.60. The molecule has 6 heteroatoms. The number of amides is 1. The predicted octanol–water partition coefficient (Wildman–Crippen LogP) is -0.190. The second kappa shape index (κ2) is 6.02. The van der Waals surface area contributed by atoms with Gasteiger partial charge in [0.15, 0.2) is 0 Å². The summed E-state index contributed by atoms with van der Waals surface area (Å²) < 4.78 is 0. The molecule has 1 aromatic rings. The van der Waals surface area contributed by atoms with E-state index in [2.05, 4.69) is 20.6 Å². The molecule has 0 bridgehead atoms. The third-order valence-electron chi connectivity index (χ3n) is 1.99. The van der Waals surface area contributed by atoms with E-state index in [4.69, 9.17) is 0 Å². The molecule has 0 spiro atoms. The molecule has 1 amide bonds. The van der Waals surface area contributed by atoms with Crippen molar-refractivity contribution in [3.05, 3.63) is 18.1 Å². The van der Waals surface area contributed by atoms with Gasteiger partial charge in [-0.2, -0.15) is 0 Å². The van der Waals surface area contributed by atoms with Crippen LogP contribution in [-0.4, -0.2) is 55.0 Å². The summed E-state index contributed by atoms with van der Waals surface area (Å²) >= 11 is 0. The lowest BCUT2D eigenvalue weighted by Crippen LogP contribution is -2.31. The maximum Gasteiger partial charge on any atom is 0.271 e. The minimum Gasteiger partial charge on any atom is -0.372 e. The minimum atomic E-state index is -0.197. The Bertz CT molecular complexity index is 336. The van der Waals surface area contributed by atoms with E-state index in [1.165, 1.54) is 12.4 Å². The largest absolute Gasteiger partial charge is 0.372 e. The minimum absolute atomic E-state index is 0.197. The van der Waals surface area contributed by atoms with Crippen LogP contribution in [0.2, 0.25) is 0 Å². The van der Waals surface area contributed by atoms with Gasteiger partial charge in [-0.05, 0) is 14.1 Å². The molecule has 88 valence electrons. The van der Waals surface area contributed by atoms with Crippen LogP contribution >= 0.6 is 0 Å². The molecule has 6 nitrogen and oxygen atoms in total. The third kappa shape index (κ3) is 3.82. The molecule has 0 aliphatic rings. The standard InChI is InChI=1S/C10H17N5O/c1-11-9-7-13-8(6-14-9)10(16)12-4-5-15(2)3/h6-7H,4-5H2,1-3H3,(H,11,14)(H,12,16). The number of anilines is 1. The Kier molecular flexibility index (Phi) is 4.65. The van der Waals surface area contributed by atoms with Gasteiger partial charge in [0, 0.05) is 20.1 Å². The van der Waals surface area contributed by atoms with E-state index >= 15 is 0 Å². The molecule has 2 N–H and O–H groups in total. The summed E-state index contributed by atoms with van der Waals surface area (Å²) in [5.74, 6) is 0.446. The van der Waals surface area contributed by atoms with Gasteiger partial charge in [0.05, 0.1) is 12.4 Å². The number of nitrogens with zero attached hydrogens (tertiary/aromatic N) is 3. The van der Waals surface area contributed by atoms with Crippen molar-refractivity contribution < 1.29 is 4.79 Å². The first-order valence-electron chi connectivity index (χ1n) is 5.06. The highest BCUT2D eigenvalue weighted by Gasteiger charge is 2.06. The van der Waals surface area contributed by atoms with Crippen LogP contribution in [0.15, 0.2) is 12.4 Å². The molecular weight excluding hydrogens is 206 g/mol. The van der Waals surface area contributed by atoms with Gasteiger partial charge in [-0.15, -0.1) is 0 Å². The Morgan fingerprint density at radius 2 is 2.12 bits per heavy atom. The van der Waals surface area contributed by atoms with Gasteiger partial charge in [-0.1, -0.05) is 0 Å². The number of rotatable bonds is 5. The van der Waals surface area contributed by atoms with Gasteiger partial charge in [0.25, 0.3) is 5.91 Å². The number of aromatic nitrogens is 2. The zero-order valence-corrected chi connectivity index (χ0v) is 9.82. The normalized spacial score (nSPS) is 10.2. The molecule has 0 aromatic carbocycles. The lowest BCUT2D eigenvalue weighted by Gasteiger charge is -2.09. The highest BCUT2D eigenvalue weighted by Crippen LogP contribution is 1.99. The van der Waals surface area contributed by atoms with Crippen LogP contribution < -0.4 is 10.6 Å². The smallest absolute Gasteiger partial charge is 0.271 e. The van der Waals surface area contributed by atoms with Gasteiger partial charge in [-0.25, -0.2) is 9.97 Å². The summed E-state index contributed by atoms with van der Waals surface area (Å²) in [6.45, 7) is 1.40. The van der Waals surface area contributed by atoms with Crippen molar-refractivity contribution in [3.8, 4) is 0 Å². The van der Waals surface area contributed by atoms with Crippen molar-refractivity contribution in [2.24, 2.45) is 0 Å². The summed E-state index contributed by atoms with van der Waals surface area (Å²) in [7, 11) is 5.65. The van der Waals surface area contributed by atoms with E-state index in [1.54, 1.807) is 7.05 Å². The Hall–Kier alpha value is -1.69. The Morgan fingerprint density at radius 3 is 2.62 bits per heavy atom. The summed E-state index contributed by atoms with van der Waals surface area (Å²) in [5, 5.41) is 5.60. The number of nitrogens with one attached hydrogen (secondary N) is 2. The zero-order chi connectivity index (χ0) is 12.0. The second-order valence-corrected chi connectivity index (χ2v) is 3.60. The highest BCUT2D eigenvalue weighted by molar-refractivity contribution is 5.91. The molecule has 0 saturated carbocycles. The zero-order valence-electron chi connectivity index (χ0n) is 9.82. The van der Waals surface area contributed by atoms with Gasteiger partial charge in [0.2, 0.25) is 0 Å². The topological polar surface area (TPSA) is 70.2 Å². The first kappa shape index (κ1) is 12.4. The predicted molar refractivity (Wildman–Crippen MR) is 62.5 cm³/mol. The van der Waals surface area contributed by atoms with Gasteiger partial charge in [0.1, 0.15) is 11.5 Å². The van der Waals surface area contributed by atoms with E-state index in [9.17, 15) is 4.79 Å². The fraction of sp³-hybridized carbons (Fsp3) is 0.500. The van der Waals surface area contributed by atoms with Crippen LogP contribution in [0.25, 0.3) is 0 Å². The molecule has 0 unspecified atom stereocenters. The Labute approximate surface area is 95.1 Å². The number of carbonyl (C=O) groups excluding carboxylic acids is 1. The van der Waals surface area contributed by atoms with Crippen molar-refractivity contribution in [1.82, 2.24) is 20.2 Å². The van der Waals surface area contributed by atoms with Crippen molar-refractivity contribution in [2.75, 3.05) is 39.5 Å². The molecule has 1 heterocycles. The van der Waals surface area contributed by atoms with Crippen LogP contribution in [0, 0.1) is 0 Å². The molecular formula is C10H17N5O. The molecule has 0 radical (unpaired) electrons. The summed E-state index contributed by atoms with van der Waals surface area (Å²) in [6.07, 6.45) is 2.98. The monoisotopic (exact) mass is 223 g/mol. The van der Waals surface area contributed by atoms with Crippen LogP contribution in [0.5, 0.6) is 0 Å². The van der Waals surface area contributed by atoms with E-state index in [0.717, 1.165) is 6.54 Å². The quantitative estimate of drug-likeness (QED) is 0.724. The Morgan fingerprint density at radius 1 is 1.38 bits per heavy atom. The molecule has 0 aliphatic heterocycles. The van der Waals surface area contributed by atoms with Crippen LogP contribution in [0.1, 0.15) is 10.5 Å². The fourth-order valence-electron chi connectivity index (χ4n) is 1.06. The summed E-state index contributed by atoms with van der Waals surface area (Å²) in [4.78, 5) is 21.6. The Balaban J connectivity index is 2.46. The molecule has 0 fully saturated rings. The molecule has 16 heavy (non-hydrogen) atoms. The van der Waals surface area contributed by atoms with Gasteiger partial charge >= 0.3 is 0 Å². The molecule has 1 aromatic heterocycles. The fourth-order valence-corrected chi connectivity index (χ4v) is 1.06. The average Bonchev–Trinajstić information content (AvgIpc) is 2.28. The number of hydrogen-bond acceptors (Lipinski definition) is 5. The summed E-state index contributed by atoms with van der Waals surface area (Å²) in [6, 6.07) is 0. The van der Waals surface area contributed by atoms with Crippen LogP contribution in [-0.2, 0) is 0 Å². The lowest BCUT2D eigenvalue weighted by molar-refractivity contribution is 0.0945. The van der Waals surface area contributed by atoms with Crippen molar-refractivity contribution >= 4 is 11.7 Å². The average molecular weight is 223 g/mol. The van der Waals surface area contributed by atoms with Crippen molar-refractivity contribution in [1.29, 1.82) is 0 Å². The van der Waals surface area contributed by atoms with E-state index in [-0.39, 0.29) is 5.91 Å². The van der Waals surface area contributed by atoms with Crippen molar-refractivity contribution in [3.63, 3.8) is 0 Å². The van der Waals surface area contributed by atoms with Crippen LogP contribution in [0.4, 0.5) is 5.82 Å². The molecule has 0 atom stereocenters. The maximum absolute atomic E-state index is 11.6. The van der Waals surface area contributed by atoms with Crippen molar-refractivity contribution in [2.45, 2.75) is 0 Å². The third-order valence-corrected chi connectivity index (χ3v) is 1.99. The lowest BCUT2D eigenvalue weighted by atomic mass is 10.4. The van der Waals surface area contributed by atoms with E-state index < -0.39 is 0 Å². The number of carbonyl (C=O) groups is 1. The first-order valence-corrected chi connectivity index (χ1v) is 5.06. The van der Waals surface area contributed by atoms with E-state index in [1.807, 2.05) is 19.0 Å². The first-order chi connectivity index (χ1) is 7.63. The van der Waals surface area contributed by atoms with Gasteiger partial charge < -0.3 is 15.5 Å². The maximum atomic E-state index is 11.6.